The zero-order valence-corrected chi connectivity index (χ0v) is 13.6. The third-order valence-corrected chi connectivity index (χ3v) is 4.49. The van der Waals surface area contributed by atoms with Crippen LogP contribution in [0.25, 0.3) is 0 Å². The van der Waals surface area contributed by atoms with E-state index in [0.29, 0.717) is 5.56 Å². The van der Waals surface area contributed by atoms with Gasteiger partial charge in [0.2, 0.25) is 0 Å². The Balaban J connectivity index is 3.41. The zero-order valence-electron chi connectivity index (χ0n) is 13.6. The van der Waals surface area contributed by atoms with Gasteiger partial charge in [0.1, 0.15) is 0 Å². The van der Waals surface area contributed by atoms with E-state index in [-0.39, 0.29) is 0 Å². The predicted octanol–water partition coefficient (Wildman–Crippen LogP) is 1.58. The molecule has 21 heavy (non-hydrogen) atoms. The molecule has 4 nitrogen and oxygen atoms in total. The van der Waals surface area contributed by atoms with Gasteiger partial charge in [-0.05, 0) is 24.8 Å². The zero-order chi connectivity index (χ0) is 16.5. The molecule has 0 aromatic heterocycles. The van der Waals surface area contributed by atoms with Gasteiger partial charge in [0.25, 0.3) is 0 Å². The lowest BCUT2D eigenvalue weighted by Crippen LogP contribution is -2.60. The van der Waals surface area contributed by atoms with Gasteiger partial charge >= 0.3 is 0 Å². The van der Waals surface area contributed by atoms with E-state index >= 15 is 0 Å². The third-order valence-electron chi connectivity index (χ3n) is 4.49. The highest BCUT2D eigenvalue weighted by Crippen LogP contribution is 2.47. The highest BCUT2D eigenvalue weighted by atomic mass is 16.3. The fraction of sp³-hybridized carbons (Fsp3) is 0.647. The molecule has 0 aliphatic heterocycles. The highest BCUT2D eigenvalue weighted by molar-refractivity contribution is 5.29. The summed E-state index contributed by atoms with van der Waals surface area (Å²) < 4.78 is 0. The quantitative estimate of drug-likeness (QED) is 0.665. The largest absolute Gasteiger partial charge is 0.395 e. The summed E-state index contributed by atoms with van der Waals surface area (Å²) in [6, 6.07) is 7.22. The first-order valence-electron chi connectivity index (χ1n) is 7.22. The van der Waals surface area contributed by atoms with Crippen LogP contribution in [0.1, 0.15) is 38.8 Å². The molecule has 0 amide bonds. The van der Waals surface area contributed by atoms with Crippen molar-refractivity contribution in [3.05, 3.63) is 35.4 Å². The number of aliphatic hydroxyl groups is 4. The summed E-state index contributed by atoms with van der Waals surface area (Å²) in [6.45, 7) is 7.84. The number of hydrogen-bond acceptors (Lipinski definition) is 4. The van der Waals surface area contributed by atoms with Crippen molar-refractivity contribution in [3.63, 3.8) is 0 Å². The standard InChI is InChI=1S/C17H28O4/c1-12-6-8-13(9-7-12)16(5,21)17(10-18,11-19)14(20)15(2,3)4/h6-9,14,18-21H,10-11H2,1-5H3. The van der Waals surface area contributed by atoms with Gasteiger partial charge in [-0.15, -0.1) is 0 Å². The van der Waals surface area contributed by atoms with E-state index in [0.717, 1.165) is 5.56 Å². The number of benzene rings is 1. The average molecular weight is 296 g/mol. The van der Waals surface area contributed by atoms with E-state index < -0.39 is 35.7 Å². The average Bonchev–Trinajstić information content (AvgIpc) is 2.39. The van der Waals surface area contributed by atoms with Crippen molar-refractivity contribution in [2.45, 2.75) is 46.3 Å². The Morgan fingerprint density at radius 2 is 1.38 bits per heavy atom. The molecule has 0 heterocycles. The third kappa shape index (κ3) is 3.14. The Hall–Kier alpha value is -0.940. The van der Waals surface area contributed by atoms with E-state index in [2.05, 4.69) is 0 Å². The number of aliphatic hydroxyl groups excluding tert-OH is 3. The summed E-state index contributed by atoms with van der Waals surface area (Å²) in [7, 11) is 0. The molecule has 2 unspecified atom stereocenters. The van der Waals surface area contributed by atoms with Crippen LogP contribution in [-0.4, -0.2) is 39.7 Å². The minimum absolute atomic E-state index is 0.525. The van der Waals surface area contributed by atoms with Gasteiger partial charge in [-0.25, -0.2) is 0 Å². The lowest BCUT2D eigenvalue weighted by Gasteiger charge is -2.50. The first kappa shape index (κ1) is 18.1. The minimum Gasteiger partial charge on any atom is -0.395 e. The number of aryl methyl sites for hydroxylation is 1. The van der Waals surface area contributed by atoms with Crippen LogP contribution in [0.4, 0.5) is 0 Å². The Labute approximate surface area is 127 Å². The van der Waals surface area contributed by atoms with Crippen LogP contribution in [0, 0.1) is 17.8 Å². The molecule has 0 aliphatic rings. The summed E-state index contributed by atoms with van der Waals surface area (Å²) in [6.07, 6.45) is -1.09. The van der Waals surface area contributed by atoms with Crippen LogP contribution in [-0.2, 0) is 5.60 Å². The molecular weight excluding hydrogens is 268 g/mol. The van der Waals surface area contributed by atoms with Crippen LogP contribution in [0.2, 0.25) is 0 Å². The van der Waals surface area contributed by atoms with Crippen LogP contribution >= 0.6 is 0 Å². The first-order chi connectivity index (χ1) is 9.53. The van der Waals surface area contributed by atoms with Crippen LogP contribution in [0.15, 0.2) is 24.3 Å². The highest BCUT2D eigenvalue weighted by Gasteiger charge is 2.55. The fourth-order valence-electron chi connectivity index (χ4n) is 2.79. The molecule has 0 fully saturated rings. The second-order valence-corrected chi connectivity index (χ2v) is 7.18. The number of rotatable bonds is 5. The van der Waals surface area contributed by atoms with Crippen LogP contribution < -0.4 is 0 Å². The molecule has 0 saturated heterocycles. The Morgan fingerprint density at radius 3 is 1.71 bits per heavy atom. The molecule has 2 atom stereocenters. The molecule has 1 aromatic rings. The van der Waals surface area contributed by atoms with Gasteiger partial charge in [-0.2, -0.15) is 0 Å². The lowest BCUT2D eigenvalue weighted by molar-refractivity contribution is -0.206. The van der Waals surface area contributed by atoms with E-state index in [9.17, 15) is 20.4 Å². The van der Waals surface area contributed by atoms with Crippen molar-refractivity contribution in [2.75, 3.05) is 13.2 Å². The molecule has 0 bridgehead atoms. The summed E-state index contributed by atoms with van der Waals surface area (Å²) in [5, 5.41) is 41.5. The number of hydrogen-bond donors (Lipinski definition) is 4. The maximum Gasteiger partial charge on any atom is 0.0993 e. The lowest BCUT2D eigenvalue weighted by atomic mass is 9.61. The van der Waals surface area contributed by atoms with E-state index in [1.54, 1.807) is 12.1 Å². The monoisotopic (exact) mass is 296 g/mol. The molecule has 4 heteroatoms. The van der Waals surface area contributed by atoms with Gasteiger partial charge in [-0.1, -0.05) is 50.6 Å². The van der Waals surface area contributed by atoms with E-state index in [1.165, 1.54) is 6.92 Å². The Morgan fingerprint density at radius 1 is 0.952 bits per heavy atom. The molecule has 1 rings (SSSR count). The molecular formula is C17H28O4. The molecule has 0 aliphatic carbocycles. The van der Waals surface area contributed by atoms with Gasteiger partial charge in [-0.3, -0.25) is 0 Å². The SMILES string of the molecule is Cc1ccc(C(C)(O)C(CO)(CO)C(O)C(C)(C)C)cc1. The van der Waals surface area contributed by atoms with Crippen molar-refractivity contribution in [3.8, 4) is 0 Å². The van der Waals surface area contributed by atoms with E-state index in [1.807, 2.05) is 39.8 Å². The Kier molecular flexibility index (Phi) is 5.22. The molecule has 0 saturated carbocycles. The molecule has 4 N–H and O–H groups in total. The predicted molar refractivity (Wildman–Crippen MR) is 82.8 cm³/mol. The summed E-state index contributed by atoms with van der Waals surface area (Å²) in [5.74, 6) is 0. The summed E-state index contributed by atoms with van der Waals surface area (Å²) >= 11 is 0. The summed E-state index contributed by atoms with van der Waals surface area (Å²) in [4.78, 5) is 0. The first-order valence-corrected chi connectivity index (χ1v) is 7.22. The van der Waals surface area contributed by atoms with Gasteiger partial charge in [0, 0.05) is 0 Å². The summed E-state index contributed by atoms with van der Waals surface area (Å²) in [5.41, 5.74) is -2.03. The van der Waals surface area contributed by atoms with Gasteiger partial charge in [0.15, 0.2) is 0 Å². The second kappa shape index (κ2) is 6.05. The van der Waals surface area contributed by atoms with Crippen molar-refractivity contribution in [1.82, 2.24) is 0 Å². The van der Waals surface area contributed by atoms with Crippen LogP contribution in [0.5, 0.6) is 0 Å². The topological polar surface area (TPSA) is 80.9 Å². The van der Waals surface area contributed by atoms with Crippen LogP contribution in [0.3, 0.4) is 0 Å². The Bertz CT molecular complexity index is 453. The normalized spacial score (nSPS) is 17.4. The maximum atomic E-state index is 11.0. The smallest absolute Gasteiger partial charge is 0.0993 e. The van der Waals surface area contributed by atoms with Crippen molar-refractivity contribution >= 4 is 0 Å². The fourth-order valence-corrected chi connectivity index (χ4v) is 2.79. The molecule has 0 radical (unpaired) electrons. The molecule has 1 aromatic carbocycles. The maximum absolute atomic E-state index is 11.0. The van der Waals surface area contributed by atoms with Gasteiger partial charge < -0.3 is 20.4 Å². The molecule has 120 valence electrons. The van der Waals surface area contributed by atoms with E-state index in [4.69, 9.17) is 0 Å². The minimum atomic E-state index is -1.57. The van der Waals surface area contributed by atoms with Crippen molar-refractivity contribution in [1.29, 1.82) is 0 Å². The van der Waals surface area contributed by atoms with Gasteiger partial charge in [0.05, 0.1) is 30.3 Å². The van der Waals surface area contributed by atoms with Crippen molar-refractivity contribution in [2.24, 2.45) is 10.8 Å². The second-order valence-electron chi connectivity index (χ2n) is 7.18. The molecule has 0 spiro atoms. The van der Waals surface area contributed by atoms with Crippen molar-refractivity contribution < 1.29 is 20.4 Å².